The van der Waals surface area contributed by atoms with Crippen molar-refractivity contribution in [3.8, 4) is 0 Å². The maximum Gasteiger partial charge on any atom is 0.312 e. The lowest BCUT2D eigenvalue weighted by molar-refractivity contribution is -0.124. The van der Waals surface area contributed by atoms with Crippen LogP contribution in [0.1, 0.15) is 58.4 Å². The molecule has 5 nitrogen and oxygen atoms in total. The zero-order valence-corrected chi connectivity index (χ0v) is 16.3. The fraction of sp³-hybridized carbons (Fsp3) is 0.619. The number of benzene rings is 1. The van der Waals surface area contributed by atoms with E-state index in [2.05, 4.69) is 31.4 Å². The second-order valence-corrected chi connectivity index (χ2v) is 8.15. The maximum atomic E-state index is 12.7. The van der Waals surface area contributed by atoms with Crippen molar-refractivity contribution in [1.82, 2.24) is 10.6 Å². The number of hydrogen-bond acceptors (Lipinski definition) is 2. The van der Waals surface area contributed by atoms with Crippen LogP contribution in [0.4, 0.5) is 4.79 Å². The number of amides is 3. The molecule has 0 aromatic heterocycles. The quantitative estimate of drug-likeness (QED) is 0.697. The molecule has 2 rings (SSSR count). The van der Waals surface area contributed by atoms with Gasteiger partial charge in [0, 0.05) is 12.5 Å². The lowest BCUT2D eigenvalue weighted by Gasteiger charge is -2.39. The Bertz CT molecular complexity index is 593. The van der Waals surface area contributed by atoms with Gasteiger partial charge in [-0.2, -0.15) is 0 Å². The standard InChI is InChI=1S/C21H33N3O2/c1-4-21(2,3)16-10-12-17(13-11-16)23-19(25)18(24-20(22)26)14-15-8-6-5-7-9-15/h5-9,16-18H,4,10-14H2,1-3H3,(H,23,25)(H3,22,24,26). The van der Waals surface area contributed by atoms with Gasteiger partial charge in [0.1, 0.15) is 6.04 Å². The van der Waals surface area contributed by atoms with Gasteiger partial charge < -0.3 is 16.4 Å². The normalized spacial score (nSPS) is 21.7. The Hall–Kier alpha value is -2.04. The largest absolute Gasteiger partial charge is 0.352 e. The monoisotopic (exact) mass is 359 g/mol. The summed E-state index contributed by atoms with van der Waals surface area (Å²) in [5.41, 5.74) is 6.62. The van der Waals surface area contributed by atoms with Crippen molar-refractivity contribution < 1.29 is 9.59 Å². The Kier molecular flexibility index (Phi) is 7.06. The number of rotatable bonds is 7. The lowest BCUT2D eigenvalue weighted by atomic mass is 9.69. The molecule has 4 N–H and O–H groups in total. The Morgan fingerprint density at radius 2 is 1.77 bits per heavy atom. The van der Waals surface area contributed by atoms with Gasteiger partial charge in [-0.15, -0.1) is 0 Å². The molecule has 0 bridgehead atoms. The van der Waals surface area contributed by atoms with Crippen LogP contribution in [0.2, 0.25) is 0 Å². The smallest absolute Gasteiger partial charge is 0.312 e. The molecule has 1 atom stereocenters. The third-order valence-electron chi connectivity index (χ3n) is 6.01. The molecule has 1 saturated carbocycles. The van der Waals surface area contributed by atoms with Crippen molar-refractivity contribution in [3.05, 3.63) is 35.9 Å². The van der Waals surface area contributed by atoms with E-state index < -0.39 is 12.1 Å². The highest BCUT2D eigenvalue weighted by Crippen LogP contribution is 2.40. The van der Waals surface area contributed by atoms with Gasteiger partial charge in [-0.3, -0.25) is 4.79 Å². The van der Waals surface area contributed by atoms with E-state index in [-0.39, 0.29) is 11.9 Å². The van der Waals surface area contributed by atoms with Crippen LogP contribution in [0.3, 0.4) is 0 Å². The van der Waals surface area contributed by atoms with Gasteiger partial charge in [-0.05, 0) is 42.6 Å². The summed E-state index contributed by atoms with van der Waals surface area (Å²) >= 11 is 0. The summed E-state index contributed by atoms with van der Waals surface area (Å²) < 4.78 is 0. The zero-order chi connectivity index (χ0) is 19.2. The second kappa shape index (κ2) is 9.06. The minimum Gasteiger partial charge on any atom is -0.352 e. The molecule has 1 aliphatic carbocycles. The van der Waals surface area contributed by atoms with E-state index in [1.54, 1.807) is 0 Å². The minimum atomic E-state index is -0.672. The molecule has 0 saturated heterocycles. The van der Waals surface area contributed by atoms with Crippen molar-refractivity contribution >= 4 is 11.9 Å². The number of urea groups is 1. The molecule has 1 aromatic rings. The molecule has 0 heterocycles. The van der Waals surface area contributed by atoms with Crippen molar-refractivity contribution in [2.45, 2.75) is 71.4 Å². The van der Waals surface area contributed by atoms with E-state index >= 15 is 0 Å². The van der Waals surface area contributed by atoms with Crippen LogP contribution in [-0.4, -0.2) is 24.0 Å². The number of carbonyl (C=O) groups is 2. The van der Waals surface area contributed by atoms with Crippen LogP contribution in [0, 0.1) is 11.3 Å². The van der Waals surface area contributed by atoms with E-state index in [9.17, 15) is 9.59 Å². The highest BCUT2D eigenvalue weighted by Gasteiger charge is 2.33. The summed E-state index contributed by atoms with van der Waals surface area (Å²) in [6.07, 6.45) is 5.88. The Balaban J connectivity index is 1.92. The SMILES string of the molecule is CCC(C)(C)C1CCC(NC(=O)C(Cc2ccccc2)NC(N)=O)CC1. The first-order chi connectivity index (χ1) is 12.3. The molecule has 0 spiro atoms. The molecule has 1 aliphatic rings. The summed E-state index contributed by atoms with van der Waals surface area (Å²) in [5.74, 6) is 0.565. The van der Waals surface area contributed by atoms with E-state index in [1.165, 1.54) is 6.42 Å². The topological polar surface area (TPSA) is 84.2 Å². The molecule has 144 valence electrons. The van der Waals surface area contributed by atoms with Crippen LogP contribution in [0.25, 0.3) is 0 Å². The predicted molar refractivity (Wildman–Crippen MR) is 105 cm³/mol. The number of primary amides is 1. The Morgan fingerprint density at radius 1 is 1.15 bits per heavy atom. The van der Waals surface area contributed by atoms with Crippen molar-refractivity contribution in [3.63, 3.8) is 0 Å². The molecule has 1 unspecified atom stereocenters. The summed E-state index contributed by atoms with van der Waals surface area (Å²) in [6.45, 7) is 6.92. The van der Waals surface area contributed by atoms with Crippen LogP contribution in [-0.2, 0) is 11.2 Å². The van der Waals surface area contributed by atoms with Crippen LogP contribution < -0.4 is 16.4 Å². The van der Waals surface area contributed by atoms with E-state index in [4.69, 9.17) is 5.73 Å². The van der Waals surface area contributed by atoms with E-state index in [0.717, 1.165) is 31.2 Å². The number of carbonyl (C=O) groups excluding carboxylic acids is 2. The number of nitrogens with one attached hydrogen (secondary N) is 2. The van der Waals surface area contributed by atoms with Crippen LogP contribution in [0.5, 0.6) is 0 Å². The first kappa shape index (κ1) is 20.3. The molecule has 0 aliphatic heterocycles. The molecule has 5 heteroatoms. The first-order valence-electron chi connectivity index (χ1n) is 9.72. The summed E-state index contributed by atoms with van der Waals surface area (Å²) in [7, 11) is 0. The van der Waals surface area contributed by atoms with Crippen LogP contribution >= 0.6 is 0 Å². The Labute approximate surface area is 157 Å². The second-order valence-electron chi connectivity index (χ2n) is 8.15. The maximum absolute atomic E-state index is 12.7. The molecular weight excluding hydrogens is 326 g/mol. The fourth-order valence-corrected chi connectivity index (χ4v) is 3.84. The third-order valence-corrected chi connectivity index (χ3v) is 6.01. The predicted octanol–water partition coefficient (Wildman–Crippen LogP) is 3.38. The van der Waals surface area contributed by atoms with Gasteiger partial charge in [-0.1, -0.05) is 57.5 Å². The molecular formula is C21H33N3O2. The molecule has 26 heavy (non-hydrogen) atoms. The number of nitrogens with two attached hydrogens (primary N) is 1. The fourth-order valence-electron chi connectivity index (χ4n) is 3.84. The zero-order valence-electron chi connectivity index (χ0n) is 16.3. The summed E-state index contributed by atoms with van der Waals surface area (Å²) in [4.78, 5) is 24.0. The van der Waals surface area contributed by atoms with Gasteiger partial charge in [0.15, 0.2) is 0 Å². The van der Waals surface area contributed by atoms with Crippen molar-refractivity contribution in [2.24, 2.45) is 17.1 Å². The highest BCUT2D eigenvalue weighted by molar-refractivity contribution is 5.87. The molecule has 3 amide bonds. The molecule has 1 fully saturated rings. The van der Waals surface area contributed by atoms with E-state index in [1.807, 2.05) is 30.3 Å². The average molecular weight is 360 g/mol. The Morgan fingerprint density at radius 3 is 2.31 bits per heavy atom. The first-order valence-corrected chi connectivity index (χ1v) is 9.72. The van der Waals surface area contributed by atoms with Gasteiger partial charge in [0.05, 0.1) is 0 Å². The minimum absolute atomic E-state index is 0.147. The summed E-state index contributed by atoms with van der Waals surface area (Å²) in [6, 6.07) is 8.53. The molecule has 0 radical (unpaired) electrons. The van der Waals surface area contributed by atoms with Crippen LogP contribution in [0.15, 0.2) is 30.3 Å². The number of hydrogen-bond donors (Lipinski definition) is 3. The van der Waals surface area contributed by atoms with Gasteiger partial charge in [0.25, 0.3) is 0 Å². The summed E-state index contributed by atoms with van der Waals surface area (Å²) in [5, 5.41) is 5.71. The van der Waals surface area contributed by atoms with Crippen molar-refractivity contribution in [2.75, 3.05) is 0 Å². The van der Waals surface area contributed by atoms with Crippen molar-refractivity contribution in [1.29, 1.82) is 0 Å². The lowest BCUT2D eigenvalue weighted by Crippen LogP contribution is -2.52. The van der Waals surface area contributed by atoms with Gasteiger partial charge >= 0.3 is 6.03 Å². The average Bonchev–Trinajstić information content (AvgIpc) is 2.62. The third kappa shape index (κ3) is 5.75. The van der Waals surface area contributed by atoms with E-state index in [0.29, 0.717) is 17.8 Å². The molecule has 1 aromatic carbocycles. The highest BCUT2D eigenvalue weighted by atomic mass is 16.2. The van der Waals surface area contributed by atoms with Gasteiger partial charge in [-0.25, -0.2) is 4.79 Å². The van der Waals surface area contributed by atoms with Gasteiger partial charge in [0.2, 0.25) is 5.91 Å².